The van der Waals surface area contributed by atoms with Crippen molar-refractivity contribution >= 4 is 27.5 Å². The minimum Gasteiger partial charge on any atom is -0.488 e. The maximum absolute atomic E-state index is 14.6. The fourth-order valence-corrected chi connectivity index (χ4v) is 4.50. The molecule has 0 aromatic heterocycles. The highest BCUT2D eigenvalue weighted by Gasteiger charge is 2.35. The monoisotopic (exact) mass is 449 g/mol. The first-order valence-electron chi connectivity index (χ1n) is 9.43. The van der Waals surface area contributed by atoms with Crippen LogP contribution in [0.5, 0.6) is 5.75 Å². The lowest BCUT2D eigenvalue weighted by molar-refractivity contribution is 0.0973. The summed E-state index contributed by atoms with van der Waals surface area (Å²) in [6.45, 7) is 6.38. The minimum absolute atomic E-state index is 0.149. The molecule has 2 rings (SSSR count). The summed E-state index contributed by atoms with van der Waals surface area (Å²) in [5, 5.41) is -0.690. The molecule has 1 aliphatic rings. The molecule has 0 spiro atoms. The summed E-state index contributed by atoms with van der Waals surface area (Å²) in [4.78, 5) is 11.9. The number of ether oxygens (including phenoxy) is 1. The van der Waals surface area contributed by atoms with Gasteiger partial charge in [0, 0.05) is 5.41 Å². The number of amides is 1. The van der Waals surface area contributed by atoms with Gasteiger partial charge in [-0.3, -0.25) is 4.79 Å². The van der Waals surface area contributed by atoms with Gasteiger partial charge >= 0.3 is 0 Å². The Hall–Kier alpha value is -1.67. The molecule has 0 radical (unpaired) electrons. The van der Waals surface area contributed by atoms with Crippen molar-refractivity contribution in [2.45, 2.75) is 46.5 Å². The van der Waals surface area contributed by atoms with Crippen molar-refractivity contribution < 1.29 is 26.7 Å². The molecule has 0 bridgehead atoms. The van der Waals surface area contributed by atoms with E-state index >= 15 is 0 Å². The molecule has 0 saturated carbocycles. The first kappa shape index (κ1) is 23.6. The van der Waals surface area contributed by atoms with Crippen LogP contribution in [0.4, 0.5) is 8.78 Å². The second-order valence-corrected chi connectivity index (χ2v) is 9.87. The van der Waals surface area contributed by atoms with E-state index in [1.54, 1.807) is 4.72 Å². The van der Waals surface area contributed by atoms with Crippen LogP contribution < -0.4 is 9.46 Å². The Bertz CT molecular complexity index is 933. The van der Waals surface area contributed by atoms with Gasteiger partial charge in [0.2, 0.25) is 10.0 Å². The van der Waals surface area contributed by atoms with Crippen LogP contribution in [0.3, 0.4) is 0 Å². The van der Waals surface area contributed by atoms with Gasteiger partial charge in [0.05, 0.1) is 18.4 Å². The van der Waals surface area contributed by atoms with Crippen molar-refractivity contribution in [3.8, 4) is 5.75 Å². The summed E-state index contributed by atoms with van der Waals surface area (Å²) in [5.41, 5.74) is 0.274. The van der Waals surface area contributed by atoms with Crippen LogP contribution in [0.2, 0.25) is 5.02 Å². The molecule has 9 heteroatoms. The summed E-state index contributed by atoms with van der Waals surface area (Å²) in [6.07, 6.45) is 6.35. The predicted molar refractivity (Wildman–Crippen MR) is 109 cm³/mol. The van der Waals surface area contributed by atoms with Gasteiger partial charge in [-0.15, -0.1) is 0 Å². The molecule has 2 unspecified atom stereocenters. The predicted octanol–water partition coefficient (Wildman–Crippen LogP) is 4.85. The molecule has 29 heavy (non-hydrogen) atoms. The van der Waals surface area contributed by atoms with Gasteiger partial charge in [-0.05, 0) is 37.7 Å². The summed E-state index contributed by atoms with van der Waals surface area (Å²) >= 11 is 5.93. The largest absolute Gasteiger partial charge is 0.488 e. The SMILES string of the molecule is CCC1=CC(C)CC(CC)(COc2c(F)cc(C(=O)NS(C)(=O)=O)c(F)c2Cl)C1. The number of carbonyl (C=O) groups is 1. The third kappa shape index (κ3) is 5.69. The molecule has 1 aromatic rings. The third-order valence-corrected chi connectivity index (χ3v) is 6.14. The van der Waals surface area contributed by atoms with E-state index in [1.807, 2.05) is 6.92 Å². The van der Waals surface area contributed by atoms with E-state index < -0.39 is 43.9 Å². The smallest absolute Gasteiger partial charge is 0.267 e. The lowest BCUT2D eigenvalue weighted by Gasteiger charge is -2.39. The van der Waals surface area contributed by atoms with Crippen LogP contribution >= 0.6 is 11.6 Å². The van der Waals surface area contributed by atoms with E-state index in [4.69, 9.17) is 16.3 Å². The Labute approximate surface area is 175 Å². The maximum atomic E-state index is 14.6. The Balaban J connectivity index is 2.29. The van der Waals surface area contributed by atoms with Crippen LogP contribution in [0.25, 0.3) is 0 Å². The van der Waals surface area contributed by atoms with Gasteiger partial charge in [0.15, 0.2) is 17.4 Å². The Morgan fingerprint density at radius 2 is 2.03 bits per heavy atom. The zero-order chi connectivity index (χ0) is 22.0. The third-order valence-electron chi connectivity index (χ3n) is 5.24. The number of rotatable bonds is 7. The number of hydrogen-bond donors (Lipinski definition) is 1. The molecule has 0 heterocycles. The topological polar surface area (TPSA) is 72.5 Å². The highest BCUT2D eigenvalue weighted by Crippen LogP contribution is 2.44. The van der Waals surface area contributed by atoms with Gasteiger partial charge in [-0.2, -0.15) is 0 Å². The van der Waals surface area contributed by atoms with Crippen molar-refractivity contribution in [1.82, 2.24) is 4.72 Å². The van der Waals surface area contributed by atoms with Crippen molar-refractivity contribution in [2.24, 2.45) is 11.3 Å². The number of hydrogen-bond acceptors (Lipinski definition) is 4. The van der Waals surface area contributed by atoms with Gasteiger partial charge in [-0.1, -0.05) is 44.0 Å². The minimum atomic E-state index is -3.94. The Morgan fingerprint density at radius 3 is 2.59 bits per heavy atom. The van der Waals surface area contributed by atoms with Crippen LogP contribution in [0, 0.1) is 23.0 Å². The Morgan fingerprint density at radius 1 is 1.38 bits per heavy atom. The molecular weight excluding hydrogens is 424 g/mol. The van der Waals surface area contributed by atoms with Gasteiger partial charge < -0.3 is 4.74 Å². The van der Waals surface area contributed by atoms with Gasteiger partial charge in [0.25, 0.3) is 5.91 Å². The van der Waals surface area contributed by atoms with Gasteiger partial charge in [-0.25, -0.2) is 21.9 Å². The lowest BCUT2D eigenvalue weighted by Crippen LogP contribution is -2.33. The molecular formula is C20H26ClF2NO4S. The molecule has 0 saturated heterocycles. The molecule has 5 nitrogen and oxygen atoms in total. The lowest BCUT2D eigenvalue weighted by atomic mass is 9.69. The van der Waals surface area contributed by atoms with E-state index in [2.05, 4.69) is 19.9 Å². The number of halogens is 3. The standard InChI is InChI=1S/C20H26ClF2NO4S/c1-5-13-7-12(3)9-20(6-2,10-13)11-28-18-15(22)8-14(17(23)16(18)21)19(25)24-29(4,26)27/h7-8,12H,5-6,9-11H2,1-4H3,(H,24,25). The molecule has 162 valence electrons. The highest BCUT2D eigenvalue weighted by molar-refractivity contribution is 7.89. The molecule has 1 aromatic carbocycles. The van der Waals surface area contributed by atoms with E-state index in [-0.39, 0.29) is 12.0 Å². The summed E-state index contributed by atoms with van der Waals surface area (Å²) < 4.78 is 58.7. The van der Waals surface area contributed by atoms with Crippen LogP contribution in [0.1, 0.15) is 56.8 Å². The number of carbonyl (C=O) groups excluding carboxylic acids is 1. The second-order valence-electron chi connectivity index (χ2n) is 7.75. The zero-order valence-electron chi connectivity index (χ0n) is 16.9. The van der Waals surface area contributed by atoms with Gasteiger partial charge in [0.1, 0.15) is 5.02 Å². The second kappa shape index (κ2) is 9.00. The number of nitrogens with one attached hydrogen (secondary N) is 1. The van der Waals surface area contributed by atoms with Crippen molar-refractivity contribution in [3.63, 3.8) is 0 Å². The van der Waals surface area contributed by atoms with E-state index in [0.717, 1.165) is 31.9 Å². The highest BCUT2D eigenvalue weighted by atomic mass is 35.5. The fraction of sp³-hybridized carbons (Fsp3) is 0.550. The molecule has 1 N–H and O–H groups in total. The van der Waals surface area contributed by atoms with Crippen LogP contribution in [-0.2, 0) is 10.0 Å². The van der Waals surface area contributed by atoms with Crippen LogP contribution in [-0.4, -0.2) is 27.2 Å². The molecule has 2 atom stereocenters. The van der Waals surface area contributed by atoms with Crippen molar-refractivity contribution in [1.29, 1.82) is 0 Å². The summed E-state index contributed by atoms with van der Waals surface area (Å²) in [7, 11) is -3.94. The average Bonchev–Trinajstić information content (AvgIpc) is 2.62. The number of sulfonamides is 1. The maximum Gasteiger partial charge on any atom is 0.267 e. The van der Waals surface area contributed by atoms with Crippen LogP contribution in [0.15, 0.2) is 17.7 Å². The normalized spacial score (nSPS) is 22.2. The average molecular weight is 450 g/mol. The van der Waals surface area contributed by atoms with E-state index in [9.17, 15) is 22.0 Å². The Kier molecular flexibility index (Phi) is 7.32. The molecule has 0 fully saturated rings. The molecule has 1 amide bonds. The van der Waals surface area contributed by atoms with Crippen molar-refractivity contribution in [3.05, 3.63) is 39.9 Å². The van der Waals surface area contributed by atoms with E-state index in [0.29, 0.717) is 12.0 Å². The molecule has 1 aliphatic carbocycles. The van der Waals surface area contributed by atoms with E-state index in [1.165, 1.54) is 5.57 Å². The number of benzene rings is 1. The molecule has 0 aliphatic heterocycles. The first-order valence-corrected chi connectivity index (χ1v) is 11.7. The summed E-state index contributed by atoms with van der Waals surface area (Å²) in [6, 6.07) is 0.594. The zero-order valence-corrected chi connectivity index (χ0v) is 18.5. The van der Waals surface area contributed by atoms with Crippen molar-refractivity contribution in [2.75, 3.05) is 12.9 Å². The number of allylic oxidation sites excluding steroid dienone is 2. The summed E-state index contributed by atoms with van der Waals surface area (Å²) in [5.74, 6) is -3.70. The quantitative estimate of drug-likeness (QED) is 0.477. The first-order chi connectivity index (χ1) is 13.4. The fourth-order valence-electron chi connectivity index (χ4n) is 3.81.